The highest BCUT2D eigenvalue weighted by molar-refractivity contribution is 7.92. The first-order chi connectivity index (χ1) is 13.4. The molecule has 0 saturated carbocycles. The highest BCUT2D eigenvalue weighted by Crippen LogP contribution is 2.13. The highest BCUT2D eigenvalue weighted by atomic mass is 32.2. The van der Waals surface area contributed by atoms with Crippen LogP contribution in [-0.4, -0.2) is 26.3 Å². The van der Waals surface area contributed by atoms with Crippen molar-refractivity contribution >= 4 is 27.3 Å². The maximum atomic E-state index is 12.5. The van der Waals surface area contributed by atoms with Crippen molar-refractivity contribution in [1.29, 1.82) is 0 Å². The lowest BCUT2D eigenvalue weighted by Crippen LogP contribution is -2.21. The van der Waals surface area contributed by atoms with Crippen LogP contribution in [0.1, 0.15) is 21.5 Å². The van der Waals surface area contributed by atoms with E-state index in [2.05, 4.69) is 15.2 Å². The summed E-state index contributed by atoms with van der Waals surface area (Å²) >= 11 is 0. The van der Waals surface area contributed by atoms with E-state index in [1.165, 1.54) is 6.07 Å². The fraction of sp³-hybridized carbons (Fsp3) is 0.0476. The third-order valence-electron chi connectivity index (χ3n) is 3.79. The lowest BCUT2D eigenvalue weighted by Gasteiger charge is -2.09. The largest absolute Gasteiger partial charge is 0.284 e. The van der Waals surface area contributed by atoms with Crippen LogP contribution in [0.4, 0.5) is 5.69 Å². The summed E-state index contributed by atoms with van der Waals surface area (Å²) in [4.78, 5) is 12.5. The normalized spacial score (nSPS) is 10.8. The molecule has 0 radical (unpaired) electrons. The zero-order valence-corrected chi connectivity index (χ0v) is 16.0. The van der Waals surface area contributed by atoms with Gasteiger partial charge < -0.3 is 0 Å². The number of hydrazone groups is 1. The van der Waals surface area contributed by atoms with Crippen LogP contribution < -0.4 is 10.1 Å². The predicted molar refractivity (Wildman–Crippen MR) is 111 cm³/mol. The van der Waals surface area contributed by atoms with Gasteiger partial charge in [-0.25, -0.2) is 13.8 Å². The van der Waals surface area contributed by atoms with Crippen molar-refractivity contribution in [1.82, 2.24) is 5.43 Å². The molecule has 0 atom stereocenters. The number of amides is 1. The molecule has 7 heteroatoms. The first-order valence-corrected chi connectivity index (χ1v) is 10.4. The maximum absolute atomic E-state index is 12.5. The predicted octanol–water partition coefficient (Wildman–Crippen LogP) is 3.24. The molecular weight excluding hydrogens is 374 g/mol. The average Bonchev–Trinajstić information content (AvgIpc) is 2.68. The number of sulfonamides is 1. The lowest BCUT2D eigenvalue weighted by molar-refractivity contribution is 0.0955. The number of anilines is 1. The van der Waals surface area contributed by atoms with Crippen molar-refractivity contribution in [2.45, 2.75) is 0 Å². The van der Waals surface area contributed by atoms with Gasteiger partial charge in [0.15, 0.2) is 0 Å². The molecule has 0 aliphatic carbocycles. The Hall–Kier alpha value is -3.45. The second-order valence-corrected chi connectivity index (χ2v) is 7.84. The molecule has 0 bridgehead atoms. The number of carbonyl (C=O) groups excluding carboxylic acids is 1. The number of hydrogen-bond donors (Lipinski definition) is 2. The van der Waals surface area contributed by atoms with Crippen molar-refractivity contribution in [2.75, 3.05) is 11.0 Å². The quantitative estimate of drug-likeness (QED) is 0.498. The third-order valence-corrected chi connectivity index (χ3v) is 4.40. The topological polar surface area (TPSA) is 87.6 Å². The Bertz CT molecular complexity index is 1050. The van der Waals surface area contributed by atoms with Crippen LogP contribution in [0.25, 0.3) is 0 Å². The number of nitrogens with one attached hydrogen (secondary N) is 2. The summed E-state index contributed by atoms with van der Waals surface area (Å²) < 4.78 is 25.1. The van der Waals surface area contributed by atoms with E-state index in [0.717, 1.165) is 17.4 Å². The van der Waals surface area contributed by atoms with Crippen molar-refractivity contribution in [2.24, 2.45) is 5.10 Å². The van der Waals surface area contributed by atoms with Crippen molar-refractivity contribution in [3.8, 4) is 0 Å². The van der Waals surface area contributed by atoms with Crippen LogP contribution in [0.3, 0.4) is 0 Å². The number of carbonyl (C=O) groups is 1. The lowest BCUT2D eigenvalue weighted by atomic mass is 10.0. The molecule has 0 heterocycles. The molecule has 0 saturated heterocycles. The molecule has 6 nitrogen and oxygen atoms in total. The number of benzene rings is 3. The van der Waals surface area contributed by atoms with Crippen LogP contribution in [0.2, 0.25) is 0 Å². The van der Waals surface area contributed by atoms with Gasteiger partial charge in [0.1, 0.15) is 0 Å². The number of rotatable bonds is 6. The van der Waals surface area contributed by atoms with Gasteiger partial charge in [0.25, 0.3) is 5.91 Å². The van der Waals surface area contributed by atoms with Gasteiger partial charge in [-0.05, 0) is 18.2 Å². The van der Waals surface area contributed by atoms with Gasteiger partial charge in [0, 0.05) is 22.4 Å². The van der Waals surface area contributed by atoms with Gasteiger partial charge in [-0.1, -0.05) is 66.7 Å². The molecule has 28 heavy (non-hydrogen) atoms. The minimum atomic E-state index is -3.43. The van der Waals surface area contributed by atoms with E-state index in [4.69, 9.17) is 0 Å². The zero-order valence-electron chi connectivity index (χ0n) is 15.2. The Morgan fingerprint density at radius 3 is 1.86 bits per heavy atom. The Morgan fingerprint density at radius 2 is 1.32 bits per heavy atom. The Morgan fingerprint density at radius 1 is 0.786 bits per heavy atom. The molecule has 3 rings (SSSR count). The summed E-state index contributed by atoms with van der Waals surface area (Å²) in [5, 5.41) is 4.32. The van der Waals surface area contributed by atoms with Crippen LogP contribution in [0.5, 0.6) is 0 Å². The van der Waals surface area contributed by atoms with E-state index in [9.17, 15) is 13.2 Å². The standard InChI is InChI=1S/C21H19N3O3S/c1-28(26,27)24-19-14-8-13-18(15-19)21(25)23-22-20(16-9-4-2-5-10-16)17-11-6-3-7-12-17/h2-15,24H,1H3,(H,23,25). The fourth-order valence-electron chi connectivity index (χ4n) is 2.60. The van der Waals surface area contributed by atoms with Crippen molar-refractivity contribution in [3.05, 3.63) is 102 Å². The van der Waals surface area contributed by atoms with Crippen molar-refractivity contribution in [3.63, 3.8) is 0 Å². The Labute approximate surface area is 164 Å². The van der Waals surface area contributed by atoms with Crippen LogP contribution in [0.15, 0.2) is 90.0 Å². The molecular formula is C21H19N3O3S. The summed E-state index contributed by atoms with van der Waals surface area (Å²) in [5.74, 6) is -0.443. The van der Waals surface area contributed by atoms with E-state index < -0.39 is 15.9 Å². The van der Waals surface area contributed by atoms with Gasteiger partial charge >= 0.3 is 0 Å². The van der Waals surface area contributed by atoms with Gasteiger partial charge in [-0.2, -0.15) is 5.10 Å². The molecule has 0 spiro atoms. The fourth-order valence-corrected chi connectivity index (χ4v) is 3.15. The smallest absolute Gasteiger partial charge is 0.271 e. The van der Waals surface area contributed by atoms with E-state index >= 15 is 0 Å². The molecule has 0 aliphatic rings. The van der Waals surface area contributed by atoms with E-state index in [0.29, 0.717) is 11.4 Å². The number of hydrogen-bond acceptors (Lipinski definition) is 4. The average molecular weight is 393 g/mol. The van der Waals surface area contributed by atoms with E-state index in [1.807, 2.05) is 60.7 Å². The van der Waals surface area contributed by atoms with Gasteiger partial charge in [0.2, 0.25) is 10.0 Å². The molecule has 0 aromatic heterocycles. The van der Waals surface area contributed by atoms with Crippen LogP contribution >= 0.6 is 0 Å². The van der Waals surface area contributed by atoms with E-state index in [1.54, 1.807) is 18.2 Å². The second-order valence-electron chi connectivity index (χ2n) is 6.09. The minimum absolute atomic E-state index is 0.290. The Balaban J connectivity index is 1.87. The zero-order chi connectivity index (χ0) is 20.0. The van der Waals surface area contributed by atoms with Gasteiger partial charge in [-0.3, -0.25) is 9.52 Å². The van der Waals surface area contributed by atoms with Gasteiger partial charge in [-0.15, -0.1) is 0 Å². The maximum Gasteiger partial charge on any atom is 0.271 e. The summed E-state index contributed by atoms with van der Waals surface area (Å²) in [7, 11) is -3.43. The molecule has 0 unspecified atom stereocenters. The molecule has 1 amide bonds. The summed E-state index contributed by atoms with van der Waals surface area (Å²) in [6.45, 7) is 0. The number of nitrogens with zero attached hydrogens (tertiary/aromatic N) is 1. The van der Waals surface area contributed by atoms with Crippen LogP contribution in [-0.2, 0) is 10.0 Å². The van der Waals surface area contributed by atoms with Crippen molar-refractivity contribution < 1.29 is 13.2 Å². The molecule has 2 N–H and O–H groups in total. The molecule has 3 aromatic rings. The molecule has 0 aliphatic heterocycles. The highest BCUT2D eigenvalue weighted by Gasteiger charge is 2.10. The molecule has 0 fully saturated rings. The minimum Gasteiger partial charge on any atom is -0.284 e. The Kier molecular flexibility index (Phi) is 5.86. The first-order valence-electron chi connectivity index (χ1n) is 8.49. The second kappa shape index (κ2) is 8.49. The third kappa shape index (κ3) is 5.28. The summed E-state index contributed by atoms with van der Waals surface area (Å²) in [5.41, 5.74) is 5.51. The first kappa shape index (κ1) is 19.3. The SMILES string of the molecule is CS(=O)(=O)Nc1cccc(C(=O)NN=C(c2ccccc2)c2ccccc2)c1. The molecule has 142 valence electrons. The van der Waals surface area contributed by atoms with Crippen LogP contribution in [0, 0.1) is 0 Å². The summed E-state index contributed by atoms with van der Waals surface area (Å²) in [6, 6.07) is 25.3. The molecule has 3 aromatic carbocycles. The monoisotopic (exact) mass is 393 g/mol. The van der Waals surface area contributed by atoms with E-state index in [-0.39, 0.29) is 5.56 Å². The summed E-state index contributed by atoms with van der Waals surface area (Å²) in [6.07, 6.45) is 1.05. The van der Waals surface area contributed by atoms with Gasteiger partial charge in [0.05, 0.1) is 12.0 Å².